The summed E-state index contributed by atoms with van der Waals surface area (Å²) in [6, 6.07) is 13.8. The summed E-state index contributed by atoms with van der Waals surface area (Å²) in [6.45, 7) is -2.29. The maximum atomic E-state index is 12.2. The van der Waals surface area contributed by atoms with E-state index < -0.39 is 6.61 Å². The van der Waals surface area contributed by atoms with Crippen LogP contribution in [-0.4, -0.2) is 37.3 Å². The van der Waals surface area contributed by atoms with Crippen molar-refractivity contribution in [3.63, 3.8) is 0 Å². The van der Waals surface area contributed by atoms with Crippen LogP contribution in [0.4, 0.5) is 14.5 Å². The van der Waals surface area contributed by atoms with Gasteiger partial charge in [0, 0.05) is 17.3 Å². The Morgan fingerprint density at radius 1 is 1.15 bits per heavy atom. The Morgan fingerprint density at radius 2 is 1.81 bits per heavy atom. The Hall–Kier alpha value is -1.96. The maximum Gasteiger partial charge on any atom is 0.387 e. The van der Waals surface area contributed by atoms with Gasteiger partial charge in [0.2, 0.25) is 0 Å². The molecule has 0 saturated carbocycles. The average molecular weight is 400 g/mol. The van der Waals surface area contributed by atoms with Gasteiger partial charge in [0.05, 0.1) is 6.04 Å². The lowest BCUT2D eigenvalue weighted by atomic mass is 10.1. The van der Waals surface area contributed by atoms with Crippen LogP contribution in [0.25, 0.3) is 0 Å². The molecule has 2 aromatic rings. The van der Waals surface area contributed by atoms with Crippen molar-refractivity contribution in [1.82, 2.24) is 10.2 Å². The van der Waals surface area contributed by atoms with Crippen molar-refractivity contribution in [2.24, 2.45) is 0 Å². The number of alkyl halides is 2. The number of likely N-dealkylation sites (N-methyl/N-ethyl adjacent to an activating group) is 1. The fraction of sp³-hybridized carbons (Fsp3) is 0.278. The first-order chi connectivity index (χ1) is 12.4. The van der Waals surface area contributed by atoms with Gasteiger partial charge < -0.3 is 20.3 Å². The predicted molar refractivity (Wildman–Crippen MR) is 105 cm³/mol. The van der Waals surface area contributed by atoms with E-state index in [0.29, 0.717) is 22.4 Å². The van der Waals surface area contributed by atoms with Crippen molar-refractivity contribution in [3.8, 4) is 5.75 Å². The molecule has 26 heavy (non-hydrogen) atoms. The molecule has 0 aromatic heterocycles. The highest BCUT2D eigenvalue weighted by Gasteiger charge is 2.17. The van der Waals surface area contributed by atoms with E-state index in [1.165, 1.54) is 12.1 Å². The van der Waals surface area contributed by atoms with Gasteiger partial charge in [0.15, 0.2) is 5.11 Å². The Morgan fingerprint density at radius 3 is 2.38 bits per heavy atom. The largest absolute Gasteiger partial charge is 0.435 e. The minimum atomic E-state index is -2.84. The Balaban J connectivity index is 1.93. The third kappa shape index (κ3) is 6.09. The summed E-state index contributed by atoms with van der Waals surface area (Å²) in [4.78, 5) is 2.05. The zero-order chi connectivity index (χ0) is 19.1. The fourth-order valence-corrected chi connectivity index (χ4v) is 2.86. The summed E-state index contributed by atoms with van der Waals surface area (Å²) in [6.07, 6.45) is 0. The molecule has 0 aliphatic carbocycles. The van der Waals surface area contributed by atoms with Gasteiger partial charge in [-0.15, -0.1) is 0 Å². The number of halogens is 3. The van der Waals surface area contributed by atoms with Crippen molar-refractivity contribution in [3.05, 3.63) is 59.1 Å². The second-order valence-electron chi connectivity index (χ2n) is 5.74. The van der Waals surface area contributed by atoms with Crippen LogP contribution in [0.3, 0.4) is 0 Å². The molecule has 0 spiro atoms. The van der Waals surface area contributed by atoms with Gasteiger partial charge in [-0.05, 0) is 62.2 Å². The molecule has 0 fully saturated rings. The SMILES string of the molecule is CN(C)[C@@H](CNC(=S)Nc1ccc(OC(F)F)cc1)c1ccccc1Cl. The lowest BCUT2D eigenvalue weighted by molar-refractivity contribution is -0.0498. The molecular formula is C18H20ClF2N3OS. The van der Waals surface area contributed by atoms with Crippen LogP contribution in [0, 0.1) is 0 Å². The monoisotopic (exact) mass is 399 g/mol. The summed E-state index contributed by atoms with van der Waals surface area (Å²) in [5.41, 5.74) is 1.67. The molecule has 0 radical (unpaired) electrons. The molecule has 2 N–H and O–H groups in total. The molecular weight excluding hydrogens is 380 g/mol. The smallest absolute Gasteiger partial charge is 0.387 e. The highest BCUT2D eigenvalue weighted by molar-refractivity contribution is 7.80. The number of benzene rings is 2. The molecule has 0 amide bonds. The third-order valence-corrected chi connectivity index (χ3v) is 4.27. The number of thiocarbonyl (C=S) groups is 1. The van der Waals surface area contributed by atoms with Crippen LogP contribution in [-0.2, 0) is 0 Å². The van der Waals surface area contributed by atoms with Gasteiger partial charge in [-0.2, -0.15) is 8.78 Å². The second kappa shape index (κ2) is 9.66. The molecule has 1 atom stereocenters. The van der Waals surface area contributed by atoms with Crippen LogP contribution in [0.5, 0.6) is 5.75 Å². The van der Waals surface area contributed by atoms with E-state index in [-0.39, 0.29) is 11.8 Å². The van der Waals surface area contributed by atoms with E-state index in [1.54, 1.807) is 12.1 Å². The lowest BCUT2D eigenvalue weighted by Crippen LogP contribution is -2.36. The number of anilines is 1. The molecule has 0 aliphatic rings. The standard InChI is InChI=1S/C18H20ClF2N3OS/c1-24(2)16(14-5-3-4-6-15(14)19)11-22-18(26)23-12-7-9-13(10-8-12)25-17(20)21/h3-10,16-17H,11H2,1-2H3,(H2,22,23,26)/t16-/m0/s1. The first kappa shape index (κ1) is 20.4. The van der Waals surface area contributed by atoms with Gasteiger partial charge >= 0.3 is 6.61 Å². The molecule has 2 rings (SSSR count). The number of nitrogens with zero attached hydrogens (tertiary/aromatic N) is 1. The molecule has 0 saturated heterocycles. The number of ether oxygens (including phenoxy) is 1. The first-order valence-corrected chi connectivity index (χ1v) is 8.66. The number of rotatable bonds is 7. The van der Waals surface area contributed by atoms with Crippen LogP contribution >= 0.6 is 23.8 Å². The molecule has 2 aromatic carbocycles. The topological polar surface area (TPSA) is 36.5 Å². The highest BCUT2D eigenvalue weighted by Crippen LogP contribution is 2.25. The van der Waals surface area contributed by atoms with Gasteiger partial charge in [-0.1, -0.05) is 29.8 Å². The minimum Gasteiger partial charge on any atom is -0.435 e. The second-order valence-corrected chi connectivity index (χ2v) is 6.55. The summed E-state index contributed by atoms with van der Waals surface area (Å²) in [5, 5.41) is 7.28. The molecule has 0 unspecified atom stereocenters. The molecule has 0 heterocycles. The highest BCUT2D eigenvalue weighted by atomic mass is 35.5. The Labute approximate surface area is 162 Å². The molecule has 140 valence electrons. The summed E-state index contributed by atoms with van der Waals surface area (Å²) >= 11 is 11.6. The van der Waals surface area contributed by atoms with Gasteiger partial charge in [0.25, 0.3) is 0 Å². The average Bonchev–Trinajstić information content (AvgIpc) is 2.57. The van der Waals surface area contributed by atoms with Crippen LogP contribution < -0.4 is 15.4 Å². The normalized spacial score (nSPS) is 12.1. The van der Waals surface area contributed by atoms with Crippen molar-refractivity contribution in [2.75, 3.05) is 26.0 Å². The number of nitrogens with one attached hydrogen (secondary N) is 2. The fourth-order valence-electron chi connectivity index (χ4n) is 2.40. The van der Waals surface area contributed by atoms with E-state index in [4.69, 9.17) is 23.8 Å². The van der Waals surface area contributed by atoms with Gasteiger partial charge in [-0.3, -0.25) is 0 Å². The Bertz CT molecular complexity index is 729. The molecule has 4 nitrogen and oxygen atoms in total. The van der Waals surface area contributed by atoms with Gasteiger partial charge in [0.1, 0.15) is 5.75 Å². The van der Waals surface area contributed by atoms with Gasteiger partial charge in [-0.25, -0.2) is 0 Å². The van der Waals surface area contributed by atoms with Crippen molar-refractivity contribution >= 4 is 34.6 Å². The van der Waals surface area contributed by atoms with E-state index in [0.717, 1.165) is 5.56 Å². The number of hydrogen-bond donors (Lipinski definition) is 2. The minimum absolute atomic E-state index is 0.0327. The van der Waals surface area contributed by atoms with E-state index in [1.807, 2.05) is 43.3 Å². The van der Waals surface area contributed by atoms with Crippen LogP contribution in [0.15, 0.2) is 48.5 Å². The third-order valence-electron chi connectivity index (χ3n) is 3.68. The lowest BCUT2D eigenvalue weighted by Gasteiger charge is -2.26. The quantitative estimate of drug-likeness (QED) is 0.669. The predicted octanol–water partition coefficient (Wildman–Crippen LogP) is 4.53. The zero-order valence-corrected chi connectivity index (χ0v) is 16.0. The Kier molecular flexibility index (Phi) is 7.56. The van der Waals surface area contributed by atoms with Crippen molar-refractivity contribution < 1.29 is 13.5 Å². The first-order valence-electron chi connectivity index (χ1n) is 7.87. The van der Waals surface area contributed by atoms with Crippen molar-refractivity contribution in [1.29, 1.82) is 0 Å². The van der Waals surface area contributed by atoms with E-state index in [9.17, 15) is 8.78 Å². The zero-order valence-electron chi connectivity index (χ0n) is 14.4. The van der Waals surface area contributed by atoms with Crippen molar-refractivity contribution in [2.45, 2.75) is 12.7 Å². The van der Waals surface area contributed by atoms with Crippen LogP contribution in [0.2, 0.25) is 5.02 Å². The van der Waals surface area contributed by atoms with E-state index in [2.05, 4.69) is 15.4 Å². The molecule has 8 heteroatoms. The van der Waals surface area contributed by atoms with E-state index >= 15 is 0 Å². The molecule has 0 aliphatic heterocycles. The number of hydrogen-bond acceptors (Lipinski definition) is 3. The summed E-state index contributed by atoms with van der Waals surface area (Å²) in [5.74, 6) is 0.0934. The van der Waals surface area contributed by atoms with Crippen LogP contribution in [0.1, 0.15) is 11.6 Å². The maximum absolute atomic E-state index is 12.2. The summed E-state index contributed by atoms with van der Waals surface area (Å²) in [7, 11) is 3.93. The molecule has 0 bridgehead atoms. The summed E-state index contributed by atoms with van der Waals surface area (Å²) < 4.78 is 28.6.